The van der Waals surface area contributed by atoms with Gasteiger partial charge < -0.3 is 20.4 Å². The van der Waals surface area contributed by atoms with Gasteiger partial charge in [0.15, 0.2) is 0 Å². The number of hydrogen-bond donors (Lipinski definition) is 2. The highest BCUT2D eigenvalue weighted by Gasteiger charge is 2.54. The zero-order valence-electron chi connectivity index (χ0n) is 37.6. The van der Waals surface area contributed by atoms with E-state index in [1.165, 1.54) is 165 Å². The van der Waals surface area contributed by atoms with Crippen LogP contribution in [0.15, 0.2) is 55.0 Å². The fraction of sp³-hybridized carbons (Fsp3) is 0.755. The predicted molar refractivity (Wildman–Crippen MR) is 244 cm³/mol. The molecule has 1 aromatic rings. The minimum Gasteiger partial charge on any atom is -0.389 e. The maximum Gasteiger partial charge on any atom is 0.228 e. The summed E-state index contributed by atoms with van der Waals surface area (Å²) in [6.45, 7) is 17.5. The van der Waals surface area contributed by atoms with Crippen molar-refractivity contribution in [2.45, 2.75) is 191 Å². The van der Waals surface area contributed by atoms with Gasteiger partial charge >= 0.3 is 0 Å². The molecule has 8 saturated carbocycles. The Kier molecular flexibility index (Phi) is 14.8. The van der Waals surface area contributed by atoms with Gasteiger partial charge in [0.1, 0.15) is 0 Å². The van der Waals surface area contributed by atoms with Gasteiger partial charge in [0, 0.05) is 61.8 Å². The molecule has 0 atom stereocenters. The molecule has 8 fully saturated rings. The van der Waals surface area contributed by atoms with E-state index in [-0.39, 0.29) is 11.4 Å². The van der Waals surface area contributed by atoms with Crippen LogP contribution in [0.5, 0.6) is 0 Å². The number of carbonyl (C=O) groups is 1. The van der Waals surface area contributed by atoms with Crippen LogP contribution in [0.1, 0.15) is 178 Å². The summed E-state index contributed by atoms with van der Waals surface area (Å²) >= 11 is 0. The molecule has 5 heteroatoms. The van der Waals surface area contributed by atoms with E-state index in [2.05, 4.69) is 79.4 Å². The minimum atomic E-state index is 0.132. The fourth-order valence-electron chi connectivity index (χ4n) is 14.2. The third-order valence-electron chi connectivity index (χ3n) is 16.5. The predicted octanol–water partition coefficient (Wildman–Crippen LogP) is 12.1. The van der Waals surface area contributed by atoms with E-state index in [1.807, 2.05) is 0 Å². The third-order valence-corrected chi connectivity index (χ3v) is 16.5. The van der Waals surface area contributed by atoms with Crippen molar-refractivity contribution in [2.24, 2.45) is 35.5 Å². The number of aryl methyl sites for hydroxylation is 3. The van der Waals surface area contributed by atoms with Crippen molar-refractivity contribution in [1.29, 1.82) is 0 Å². The Morgan fingerprint density at radius 2 is 0.914 bits per heavy atom. The molecule has 2 N–H and O–H groups in total. The third kappa shape index (κ3) is 11.0. The van der Waals surface area contributed by atoms with E-state index in [0.717, 1.165) is 79.3 Å². The zero-order chi connectivity index (χ0) is 40.7. The molecule has 5 nitrogen and oxygen atoms in total. The monoisotopic (exact) mass is 793 g/mol. The number of hydrogen-bond acceptors (Lipinski definition) is 4. The van der Waals surface area contributed by atoms with E-state index in [4.69, 9.17) is 0 Å². The topological polar surface area (TPSA) is 47.6 Å². The van der Waals surface area contributed by atoms with E-state index in [0.29, 0.717) is 12.0 Å². The maximum atomic E-state index is 13.4. The molecule has 9 rings (SSSR count). The normalized spacial score (nSPS) is 30.1. The smallest absolute Gasteiger partial charge is 0.228 e. The molecule has 0 radical (unpaired) electrons. The molecule has 322 valence electrons. The molecule has 1 aromatic carbocycles. The highest BCUT2D eigenvalue weighted by molar-refractivity contribution is 5.79. The highest BCUT2D eigenvalue weighted by atomic mass is 16.2. The van der Waals surface area contributed by atoms with E-state index in [1.54, 1.807) is 5.56 Å². The Hall–Kier alpha value is -2.69. The molecule has 0 aromatic heterocycles. The van der Waals surface area contributed by atoms with Crippen LogP contribution >= 0.6 is 0 Å². The van der Waals surface area contributed by atoms with Crippen molar-refractivity contribution in [3.8, 4) is 0 Å². The van der Waals surface area contributed by atoms with Gasteiger partial charge in [-0.2, -0.15) is 0 Å². The molecule has 8 aliphatic rings. The summed E-state index contributed by atoms with van der Waals surface area (Å²) in [5.74, 6) is 5.70. The van der Waals surface area contributed by atoms with Crippen LogP contribution < -0.4 is 10.6 Å². The lowest BCUT2D eigenvalue weighted by Gasteiger charge is -2.60. The van der Waals surface area contributed by atoms with Crippen LogP contribution in [-0.2, 0) is 24.1 Å². The van der Waals surface area contributed by atoms with Crippen molar-refractivity contribution < 1.29 is 4.79 Å². The fourth-order valence-corrected chi connectivity index (χ4v) is 14.2. The van der Waals surface area contributed by atoms with Crippen LogP contribution in [0.3, 0.4) is 0 Å². The maximum absolute atomic E-state index is 13.4. The van der Waals surface area contributed by atoms with Crippen molar-refractivity contribution in [2.75, 3.05) is 27.2 Å². The lowest BCUT2D eigenvalue weighted by molar-refractivity contribution is -0.146. The van der Waals surface area contributed by atoms with Gasteiger partial charge in [-0.15, -0.1) is 0 Å². The number of nitrogens with zero attached hydrogens (tertiary/aromatic N) is 2. The molecule has 0 spiro atoms. The molecule has 8 aliphatic carbocycles. The van der Waals surface area contributed by atoms with Gasteiger partial charge in [0.25, 0.3) is 0 Å². The van der Waals surface area contributed by atoms with E-state index < -0.39 is 0 Å². The van der Waals surface area contributed by atoms with Crippen LogP contribution in [0.4, 0.5) is 0 Å². The molecule has 0 heterocycles. The molecule has 1 amide bonds. The Balaban J connectivity index is 0.776. The van der Waals surface area contributed by atoms with Crippen LogP contribution in [-0.4, -0.2) is 54.0 Å². The Morgan fingerprint density at radius 1 is 0.552 bits per heavy atom. The second kappa shape index (κ2) is 19.8. The average molecular weight is 793 g/mol. The van der Waals surface area contributed by atoms with Gasteiger partial charge in [0.2, 0.25) is 5.91 Å². The Bertz CT molecular complexity index is 1400. The largest absolute Gasteiger partial charge is 0.389 e. The molecule has 0 aliphatic heterocycles. The summed E-state index contributed by atoms with van der Waals surface area (Å²) in [7, 11) is 4.42. The van der Waals surface area contributed by atoms with E-state index >= 15 is 0 Å². The number of rotatable bonds is 26. The summed E-state index contributed by atoms with van der Waals surface area (Å²) in [5.41, 5.74) is 8.39. The lowest BCUT2D eigenvalue weighted by Crippen LogP contribution is -2.60. The first-order valence-corrected chi connectivity index (χ1v) is 24.6. The number of carbonyl (C=O) groups excluding carboxylic acids is 1. The van der Waals surface area contributed by atoms with Gasteiger partial charge in [-0.3, -0.25) is 4.79 Å². The minimum absolute atomic E-state index is 0.132. The number of amides is 1. The molecular formula is C53H84N4O. The first kappa shape index (κ1) is 43.4. The SMILES string of the molecule is C=C(CC(=C)N(C)C12CC3CC(CC(C3)C1)C2)NCCCCCc1cc(CCCCCC)cc(CCCCCNC(=C)CC(=O)N(C)C23CC4CC(CC(C4)C2)C3)c1. The van der Waals surface area contributed by atoms with Gasteiger partial charge in [-0.05, 0) is 181 Å². The summed E-state index contributed by atoms with van der Waals surface area (Å²) in [6.07, 6.45) is 33.8. The van der Waals surface area contributed by atoms with Gasteiger partial charge in [-0.25, -0.2) is 0 Å². The number of nitrogens with one attached hydrogen (secondary N) is 2. The van der Waals surface area contributed by atoms with Crippen molar-refractivity contribution in [3.05, 3.63) is 71.7 Å². The summed E-state index contributed by atoms with van der Waals surface area (Å²) in [4.78, 5) is 18.1. The summed E-state index contributed by atoms with van der Waals surface area (Å²) < 4.78 is 0. The highest BCUT2D eigenvalue weighted by Crippen LogP contribution is 2.59. The van der Waals surface area contributed by atoms with Crippen LogP contribution in [0, 0.1) is 35.5 Å². The second-order valence-corrected chi connectivity index (χ2v) is 21.4. The second-order valence-electron chi connectivity index (χ2n) is 21.4. The molecular weight excluding hydrogens is 709 g/mol. The molecule has 8 bridgehead atoms. The quantitative estimate of drug-likeness (QED) is 0.0918. The average Bonchev–Trinajstić information content (AvgIpc) is 3.17. The first-order valence-electron chi connectivity index (χ1n) is 24.6. The van der Waals surface area contributed by atoms with Gasteiger partial charge in [0.05, 0.1) is 6.42 Å². The lowest BCUT2D eigenvalue weighted by atomic mass is 9.52. The standard InChI is InChI=1S/C53H84N4O/c1-7-8-9-12-17-42-24-43(18-13-10-15-20-54-39(2)22-41(4)56(5)52-33-45-27-46(34-52)29-47(28-45)35-52)26-44(25-42)19-14-11-16-21-55-40(3)23-51(58)57(6)53-36-48-30-49(37-53)32-50(31-48)38-53/h24-26,45-50,54-55H,2-4,7-23,27-38H2,1,5-6H3. The first-order chi connectivity index (χ1) is 28.0. The Labute approximate surface area is 355 Å². The molecule has 0 unspecified atom stereocenters. The Morgan fingerprint density at radius 3 is 1.31 bits per heavy atom. The molecule has 58 heavy (non-hydrogen) atoms. The zero-order valence-corrected chi connectivity index (χ0v) is 37.6. The number of benzene rings is 1. The van der Waals surface area contributed by atoms with Crippen molar-refractivity contribution >= 4 is 5.91 Å². The number of unbranched alkanes of at least 4 members (excludes halogenated alkanes) is 7. The van der Waals surface area contributed by atoms with Gasteiger partial charge in [-0.1, -0.05) is 77.0 Å². The van der Waals surface area contributed by atoms with Crippen molar-refractivity contribution in [3.63, 3.8) is 0 Å². The molecule has 0 saturated heterocycles. The summed E-state index contributed by atoms with van der Waals surface area (Å²) in [6, 6.07) is 7.53. The van der Waals surface area contributed by atoms with E-state index in [9.17, 15) is 4.79 Å². The van der Waals surface area contributed by atoms with Crippen LogP contribution in [0.25, 0.3) is 0 Å². The van der Waals surface area contributed by atoms with Crippen molar-refractivity contribution in [1.82, 2.24) is 20.4 Å². The summed E-state index contributed by atoms with van der Waals surface area (Å²) in [5, 5.41) is 7.18. The van der Waals surface area contributed by atoms with Crippen LogP contribution in [0.2, 0.25) is 0 Å².